The Labute approximate surface area is 128 Å². The molecule has 0 atom stereocenters. The number of anilines is 2. The number of rotatable bonds is 4. The maximum atomic E-state index is 12.1. The minimum Gasteiger partial charge on any atom is -0.491 e. The molecule has 1 amide bonds. The SMILES string of the molecule is CC(C)Oc1ccc(NC(=O)c2ccc(Cl)cc2N)cc1. The van der Waals surface area contributed by atoms with E-state index in [-0.39, 0.29) is 12.0 Å². The van der Waals surface area contributed by atoms with E-state index in [0.29, 0.717) is 22.0 Å². The van der Waals surface area contributed by atoms with Gasteiger partial charge in [0.2, 0.25) is 0 Å². The number of nitrogens with one attached hydrogen (secondary N) is 1. The minimum atomic E-state index is -0.276. The Morgan fingerprint density at radius 2 is 1.86 bits per heavy atom. The van der Waals surface area contributed by atoms with Gasteiger partial charge in [0.05, 0.1) is 11.7 Å². The summed E-state index contributed by atoms with van der Waals surface area (Å²) < 4.78 is 5.54. The predicted molar refractivity (Wildman–Crippen MR) is 86.0 cm³/mol. The number of halogens is 1. The van der Waals surface area contributed by atoms with Crippen molar-refractivity contribution in [2.45, 2.75) is 20.0 Å². The Bertz CT molecular complexity index is 639. The fourth-order valence-electron chi connectivity index (χ4n) is 1.83. The van der Waals surface area contributed by atoms with Gasteiger partial charge >= 0.3 is 0 Å². The first-order valence-corrected chi connectivity index (χ1v) is 6.96. The van der Waals surface area contributed by atoms with Gasteiger partial charge in [0, 0.05) is 16.4 Å². The Hall–Kier alpha value is -2.20. The van der Waals surface area contributed by atoms with Crippen LogP contribution in [0.5, 0.6) is 5.75 Å². The highest BCUT2D eigenvalue weighted by molar-refractivity contribution is 6.31. The first-order chi connectivity index (χ1) is 9.95. The smallest absolute Gasteiger partial charge is 0.257 e. The third kappa shape index (κ3) is 4.13. The molecular weight excluding hydrogens is 288 g/mol. The van der Waals surface area contributed by atoms with E-state index in [1.54, 1.807) is 42.5 Å². The lowest BCUT2D eigenvalue weighted by Crippen LogP contribution is -2.14. The van der Waals surface area contributed by atoms with Gasteiger partial charge in [-0.15, -0.1) is 0 Å². The molecule has 0 aliphatic carbocycles. The summed E-state index contributed by atoms with van der Waals surface area (Å²) in [7, 11) is 0. The molecule has 0 aliphatic heterocycles. The standard InChI is InChI=1S/C16H17ClN2O2/c1-10(2)21-13-6-4-12(5-7-13)19-16(20)14-8-3-11(17)9-15(14)18/h3-10H,18H2,1-2H3,(H,19,20). The van der Waals surface area contributed by atoms with E-state index in [1.807, 2.05) is 13.8 Å². The van der Waals surface area contributed by atoms with E-state index in [2.05, 4.69) is 5.32 Å². The number of carbonyl (C=O) groups is 1. The van der Waals surface area contributed by atoms with E-state index >= 15 is 0 Å². The van der Waals surface area contributed by atoms with Crippen molar-refractivity contribution in [1.82, 2.24) is 0 Å². The molecule has 110 valence electrons. The fraction of sp³-hybridized carbons (Fsp3) is 0.188. The molecule has 0 fully saturated rings. The van der Waals surface area contributed by atoms with Crippen LogP contribution in [0.4, 0.5) is 11.4 Å². The molecule has 0 saturated heterocycles. The van der Waals surface area contributed by atoms with Crippen LogP contribution < -0.4 is 15.8 Å². The van der Waals surface area contributed by atoms with E-state index in [0.717, 1.165) is 5.75 Å². The summed E-state index contributed by atoms with van der Waals surface area (Å²) in [6.07, 6.45) is 0.110. The van der Waals surface area contributed by atoms with Crippen molar-refractivity contribution in [1.29, 1.82) is 0 Å². The Morgan fingerprint density at radius 3 is 2.43 bits per heavy atom. The molecule has 2 aromatic rings. The Kier molecular flexibility index (Phi) is 4.70. The van der Waals surface area contributed by atoms with Crippen LogP contribution in [0, 0.1) is 0 Å². The van der Waals surface area contributed by atoms with Crippen molar-refractivity contribution < 1.29 is 9.53 Å². The number of nitrogens with two attached hydrogens (primary N) is 1. The van der Waals surface area contributed by atoms with Crippen molar-refractivity contribution in [3.8, 4) is 5.75 Å². The van der Waals surface area contributed by atoms with Crippen molar-refractivity contribution in [3.63, 3.8) is 0 Å². The van der Waals surface area contributed by atoms with Crippen LogP contribution in [-0.4, -0.2) is 12.0 Å². The maximum absolute atomic E-state index is 12.1. The number of amides is 1. The fourth-order valence-corrected chi connectivity index (χ4v) is 2.01. The summed E-state index contributed by atoms with van der Waals surface area (Å²) in [5.74, 6) is 0.482. The molecule has 5 heteroatoms. The molecule has 4 nitrogen and oxygen atoms in total. The van der Waals surface area contributed by atoms with Crippen LogP contribution in [0.3, 0.4) is 0 Å². The van der Waals surface area contributed by atoms with E-state index in [1.165, 1.54) is 0 Å². The monoisotopic (exact) mass is 304 g/mol. The van der Waals surface area contributed by atoms with Gasteiger partial charge in [0.15, 0.2) is 0 Å². The normalized spacial score (nSPS) is 10.5. The highest BCUT2D eigenvalue weighted by Crippen LogP contribution is 2.21. The van der Waals surface area contributed by atoms with Crippen LogP contribution in [0.1, 0.15) is 24.2 Å². The molecular formula is C16H17ClN2O2. The lowest BCUT2D eigenvalue weighted by molar-refractivity contribution is 0.102. The summed E-state index contributed by atoms with van der Waals surface area (Å²) in [4.78, 5) is 12.1. The lowest BCUT2D eigenvalue weighted by atomic mass is 10.1. The first-order valence-electron chi connectivity index (χ1n) is 6.59. The summed E-state index contributed by atoms with van der Waals surface area (Å²) in [5.41, 5.74) is 7.20. The van der Waals surface area contributed by atoms with Gasteiger partial charge in [-0.05, 0) is 56.3 Å². The Morgan fingerprint density at radius 1 is 1.19 bits per heavy atom. The number of hydrogen-bond donors (Lipinski definition) is 2. The van der Waals surface area contributed by atoms with E-state index < -0.39 is 0 Å². The number of benzene rings is 2. The largest absolute Gasteiger partial charge is 0.491 e. The van der Waals surface area contributed by atoms with E-state index in [4.69, 9.17) is 22.1 Å². The molecule has 21 heavy (non-hydrogen) atoms. The highest BCUT2D eigenvalue weighted by Gasteiger charge is 2.10. The number of hydrogen-bond acceptors (Lipinski definition) is 3. The van der Waals surface area contributed by atoms with Gasteiger partial charge in [0.1, 0.15) is 5.75 Å². The topological polar surface area (TPSA) is 64.3 Å². The second-order valence-corrected chi connectivity index (χ2v) is 5.31. The summed E-state index contributed by atoms with van der Waals surface area (Å²) in [6.45, 7) is 3.91. The number of carbonyl (C=O) groups excluding carboxylic acids is 1. The predicted octanol–water partition coefficient (Wildman–Crippen LogP) is 3.96. The van der Waals surface area contributed by atoms with Gasteiger partial charge in [-0.3, -0.25) is 4.79 Å². The first kappa shape index (κ1) is 15.2. The molecule has 0 saturated carbocycles. The van der Waals surface area contributed by atoms with Crippen LogP contribution in [0.15, 0.2) is 42.5 Å². The zero-order valence-electron chi connectivity index (χ0n) is 11.9. The summed E-state index contributed by atoms with van der Waals surface area (Å²) >= 11 is 5.82. The molecule has 2 rings (SSSR count). The summed E-state index contributed by atoms with van der Waals surface area (Å²) in [5, 5.41) is 3.28. The van der Waals surface area contributed by atoms with Crippen molar-refractivity contribution in [2.75, 3.05) is 11.1 Å². The number of ether oxygens (including phenoxy) is 1. The summed E-state index contributed by atoms with van der Waals surface area (Å²) in [6, 6.07) is 12.0. The lowest BCUT2D eigenvalue weighted by Gasteiger charge is -2.11. The molecule has 0 aromatic heterocycles. The van der Waals surface area contributed by atoms with Gasteiger partial charge in [-0.2, -0.15) is 0 Å². The molecule has 0 spiro atoms. The maximum Gasteiger partial charge on any atom is 0.257 e. The van der Waals surface area contributed by atoms with Gasteiger partial charge in [-0.1, -0.05) is 11.6 Å². The van der Waals surface area contributed by atoms with Gasteiger partial charge in [-0.25, -0.2) is 0 Å². The minimum absolute atomic E-state index is 0.110. The molecule has 0 unspecified atom stereocenters. The molecule has 0 bridgehead atoms. The average molecular weight is 305 g/mol. The second kappa shape index (κ2) is 6.50. The third-order valence-corrected chi connectivity index (χ3v) is 2.98. The van der Waals surface area contributed by atoms with Crippen LogP contribution >= 0.6 is 11.6 Å². The third-order valence-electron chi connectivity index (χ3n) is 2.74. The van der Waals surface area contributed by atoms with Crippen LogP contribution in [0.2, 0.25) is 5.02 Å². The molecule has 0 radical (unpaired) electrons. The zero-order valence-corrected chi connectivity index (χ0v) is 12.6. The quantitative estimate of drug-likeness (QED) is 0.840. The highest BCUT2D eigenvalue weighted by atomic mass is 35.5. The molecule has 0 aliphatic rings. The van der Waals surface area contributed by atoms with Crippen molar-refractivity contribution in [2.24, 2.45) is 0 Å². The zero-order chi connectivity index (χ0) is 15.4. The van der Waals surface area contributed by atoms with Gasteiger partial charge in [0.25, 0.3) is 5.91 Å². The van der Waals surface area contributed by atoms with Gasteiger partial charge < -0.3 is 15.8 Å². The molecule has 3 N–H and O–H groups in total. The molecule has 2 aromatic carbocycles. The van der Waals surface area contributed by atoms with Crippen molar-refractivity contribution >= 4 is 28.9 Å². The number of nitrogen functional groups attached to an aromatic ring is 1. The van der Waals surface area contributed by atoms with Crippen LogP contribution in [-0.2, 0) is 0 Å². The second-order valence-electron chi connectivity index (χ2n) is 4.88. The van der Waals surface area contributed by atoms with E-state index in [9.17, 15) is 4.79 Å². The Balaban J connectivity index is 2.08. The van der Waals surface area contributed by atoms with Crippen LogP contribution in [0.25, 0.3) is 0 Å². The molecule has 0 heterocycles. The average Bonchev–Trinajstić information content (AvgIpc) is 2.40. The van der Waals surface area contributed by atoms with Crippen molar-refractivity contribution in [3.05, 3.63) is 53.1 Å².